The number of nitrogens with one attached hydrogen (secondary N) is 1. The lowest BCUT2D eigenvalue weighted by atomic mass is 10.1. The van der Waals surface area contributed by atoms with Crippen molar-refractivity contribution in [1.82, 2.24) is 4.72 Å². The second kappa shape index (κ2) is 6.43. The van der Waals surface area contributed by atoms with Gasteiger partial charge in [-0.25, -0.2) is 17.9 Å². The second-order valence-electron chi connectivity index (χ2n) is 5.06. The minimum atomic E-state index is -3.79. The zero-order valence-electron chi connectivity index (χ0n) is 11.1. The zero-order chi connectivity index (χ0) is 15.6. The molecule has 1 saturated carbocycles. The summed E-state index contributed by atoms with van der Waals surface area (Å²) in [6.07, 6.45) is 1.87. The summed E-state index contributed by atoms with van der Waals surface area (Å²) in [5, 5.41) is 18.7. The Morgan fingerprint density at radius 2 is 2.10 bits per heavy atom. The Labute approximate surface area is 131 Å². The summed E-state index contributed by atoms with van der Waals surface area (Å²) in [6.45, 7) is 0.155. The average Bonchev–Trinajstić information content (AvgIpc) is 2.82. The van der Waals surface area contributed by atoms with E-state index in [2.05, 4.69) is 20.7 Å². The van der Waals surface area contributed by atoms with E-state index >= 15 is 0 Å². The van der Waals surface area contributed by atoms with E-state index in [1.54, 1.807) is 0 Å². The Bertz CT molecular complexity index is 646. The first-order valence-corrected chi connectivity index (χ1v) is 8.79. The van der Waals surface area contributed by atoms with Gasteiger partial charge in [-0.2, -0.15) is 0 Å². The van der Waals surface area contributed by atoms with E-state index in [4.69, 9.17) is 5.11 Å². The summed E-state index contributed by atoms with van der Waals surface area (Å²) in [4.78, 5) is 10.9. The van der Waals surface area contributed by atoms with Gasteiger partial charge >= 0.3 is 5.97 Å². The van der Waals surface area contributed by atoms with Crippen molar-refractivity contribution in [2.45, 2.75) is 30.3 Å². The molecule has 1 aliphatic rings. The molecule has 2 atom stereocenters. The third-order valence-corrected chi connectivity index (χ3v) is 5.75. The lowest BCUT2D eigenvalue weighted by molar-refractivity contribution is 0.0695. The van der Waals surface area contributed by atoms with Gasteiger partial charge in [-0.15, -0.1) is 0 Å². The van der Waals surface area contributed by atoms with Crippen molar-refractivity contribution in [2.75, 3.05) is 6.54 Å². The molecule has 0 saturated heterocycles. The highest BCUT2D eigenvalue weighted by Crippen LogP contribution is 2.26. The van der Waals surface area contributed by atoms with Crippen LogP contribution in [0.3, 0.4) is 0 Å². The van der Waals surface area contributed by atoms with Crippen LogP contribution in [0.5, 0.6) is 0 Å². The highest BCUT2D eigenvalue weighted by molar-refractivity contribution is 9.10. The normalized spacial score (nSPS) is 22.4. The predicted octanol–water partition coefficient (Wildman–Crippen LogP) is 1.59. The first-order valence-electron chi connectivity index (χ1n) is 6.52. The monoisotopic (exact) mass is 377 g/mol. The molecule has 21 heavy (non-hydrogen) atoms. The molecule has 0 aromatic heterocycles. The van der Waals surface area contributed by atoms with Crippen molar-refractivity contribution >= 4 is 31.9 Å². The molecule has 6 nitrogen and oxygen atoms in total. The molecule has 116 valence electrons. The van der Waals surface area contributed by atoms with Crippen LogP contribution in [0.15, 0.2) is 27.6 Å². The average molecular weight is 378 g/mol. The van der Waals surface area contributed by atoms with Crippen LogP contribution in [-0.2, 0) is 10.0 Å². The number of carboxylic acid groups (broad SMARTS) is 1. The fourth-order valence-corrected chi connectivity index (χ4v) is 3.93. The topological polar surface area (TPSA) is 104 Å². The van der Waals surface area contributed by atoms with Crippen molar-refractivity contribution in [3.05, 3.63) is 28.2 Å². The largest absolute Gasteiger partial charge is 0.478 e. The standard InChI is InChI=1S/C13H16BrNO5S/c14-11-5-4-9(6-10(11)13(17)18)21(19,20)15-7-8-2-1-3-12(8)16/h4-6,8,12,15-16H,1-3,7H2,(H,17,18). The molecule has 0 heterocycles. The fraction of sp³-hybridized carbons (Fsp3) is 0.462. The van der Waals surface area contributed by atoms with Gasteiger partial charge in [0, 0.05) is 11.0 Å². The number of benzene rings is 1. The SMILES string of the molecule is O=C(O)c1cc(S(=O)(=O)NCC2CCCC2O)ccc1Br. The molecule has 2 rings (SSSR count). The van der Waals surface area contributed by atoms with Gasteiger partial charge in [-0.3, -0.25) is 0 Å². The molecular weight excluding hydrogens is 362 g/mol. The molecule has 8 heteroatoms. The van der Waals surface area contributed by atoms with E-state index in [1.807, 2.05) is 0 Å². The summed E-state index contributed by atoms with van der Waals surface area (Å²) in [6, 6.07) is 3.84. The van der Waals surface area contributed by atoms with Gasteiger partial charge < -0.3 is 10.2 Å². The minimum absolute atomic E-state index is 0.0887. The number of aliphatic hydroxyl groups excluding tert-OH is 1. The second-order valence-corrected chi connectivity index (χ2v) is 7.68. The van der Waals surface area contributed by atoms with Gasteiger partial charge in [-0.05, 0) is 52.9 Å². The van der Waals surface area contributed by atoms with Gasteiger partial charge in [0.1, 0.15) is 0 Å². The van der Waals surface area contributed by atoms with E-state index in [9.17, 15) is 18.3 Å². The predicted molar refractivity (Wildman–Crippen MR) is 79.6 cm³/mol. The minimum Gasteiger partial charge on any atom is -0.478 e. The van der Waals surface area contributed by atoms with Crippen LogP contribution < -0.4 is 4.72 Å². The van der Waals surface area contributed by atoms with Gasteiger partial charge in [-0.1, -0.05) is 6.42 Å². The molecular formula is C13H16BrNO5S. The van der Waals surface area contributed by atoms with Crippen molar-refractivity contribution in [2.24, 2.45) is 5.92 Å². The van der Waals surface area contributed by atoms with Crippen molar-refractivity contribution in [1.29, 1.82) is 0 Å². The highest BCUT2D eigenvalue weighted by Gasteiger charge is 2.27. The maximum Gasteiger partial charge on any atom is 0.336 e. The molecule has 1 aromatic carbocycles. The molecule has 1 aromatic rings. The third kappa shape index (κ3) is 3.82. The van der Waals surface area contributed by atoms with Crippen LogP contribution in [-0.4, -0.2) is 37.2 Å². The summed E-state index contributed by atoms with van der Waals surface area (Å²) in [5.74, 6) is -1.29. The lowest BCUT2D eigenvalue weighted by Crippen LogP contribution is -2.32. The number of aromatic carboxylic acids is 1. The summed E-state index contributed by atoms with van der Waals surface area (Å²) < 4.78 is 27.1. The molecule has 1 fully saturated rings. The summed E-state index contributed by atoms with van der Waals surface area (Å²) in [5.41, 5.74) is -0.112. The van der Waals surface area contributed by atoms with Crippen LogP contribution in [0.1, 0.15) is 29.6 Å². The number of halogens is 1. The molecule has 0 radical (unpaired) electrons. The van der Waals surface area contributed by atoms with Crippen molar-refractivity contribution < 1.29 is 23.4 Å². The van der Waals surface area contributed by atoms with Crippen LogP contribution >= 0.6 is 15.9 Å². The Balaban J connectivity index is 2.15. The van der Waals surface area contributed by atoms with Crippen LogP contribution in [0.4, 0.5) is 0 Å². The molecule has 0 amide bonds. The number of rotatable bonds is 5. The Morgan fingerprint density at radius 1 is 1.38 bits per heavy atom. The number of aliphatic hydroxyl groups is 1. The number of sulfonamides is 1. The summed E-state index contributed by atoms with van der Waals surface area (Å²) in [7, 11) is -3.79. The van der Waals surface area contributed by atoms with Crippen LogP contribution in [0, 0.1) is 5.92 Å². The van der Waals surface area contributed by atoms with E-state index in [-0.39, 0.29) is 22.9 Å². The zero-order valence-corrected chi connectivity index (χ0v) is 13.5. The number of carboxylic acids is 1. The molecule has 1 aliphatic carbocycles. The van der Waals surface area contributed by atoms with Gasteiger partial charge in [0.2, 0.25) is 10.0 Å². The van der Waals surface area contributed by atoms with Crippen molar-refractivity contribution in [3.8, 4) is 0 Å². The van der Waals surface area contributed by atoms with Gasteiger partial charge in [0.15, 0.2) is 0 Å². The molecule has 2 unspecified atom stereocenters. The molecule has 3 N–H and O–H groups in total. The molecule has 0 aliphatic heterocycles. The van der Waals surface area contributed by atoms with E-state index < -0.39 is 22.1 Å². The number of hydrogen-bond donors (Lipinski definition) is 3. The quantitative estimate of drug-likeness (QED) is 0.722. The van der Waals surface area contributed by atoms with Gasteiger partial charge in [0.25, 0.3) is 0 Å². The Morgan fingerprint density at radius 3 is 2.67 bits per heavy atom. The van der Waals surface area contributed by atoms with Gasteiger partial charge in [0.05, 0.1) is 16.6 Å². The maximum atomic E-state index is 12.2. The Kier molecular flexibility index (Phi) is 5.03. The van der Waals surface area contributed by atoms with E-state index in [0.29, 0.717) is 10.9 Å². The Hall–Kier alpha value is -0.960. The lowest BCUT2D eigenvalue weighted by Gasteiger charge is -2.15. The van der Waals surface area contributed by atoms with E-state index in [0.717, 1.165) is 18.9 Å². The smallest absolute Gasteiger partial charge is 0.336 e. The third-order valence-electron chi connectivity index (χ3n) is 3.63. The summed E-state index contributed by atoms with van der Waals surface area (Å²) >= 11 is 3.07. The van der Waals surface area contributed by atoms with Crippen LogP contribution in [0.25, 0.3) is 0 Å². The molecule has 0 bridgehead atoms. The maximum absolute atomic E-state index is 12.2. The number of hydrogen-bond acceptors (Lipinski definition) is 4. The number of carbonyl (C=O) groups is 1. The van der Waals surface area contributed by atoms with Crippen LogP contribution in [0.2, 0.25) is 0 Å². The first kappa shape index (κ1) is 16.4. The molecule has 0 spiro atoms. The highest BCUT2D eigenvalue weighted by atomic mass is 79.9. The van der Waals surface area contributed by atoms with Crippen molar-refractivity contribution in [3.63, 3.8) is 0 Å². The fourth-order valence-electron chi connectivity index (χ4n) is 2.39. The first-order chi connectivity index (χ1) is 9.81. The van der Waals surface area contributed by atoms with E-state index in [1.165, 1.54) is 12.1 Å².